The minimum absolute atomic E-state index is 0.0692. The molecule has 3 heterocycles. The third-order valence-electron chi connectivity index (χ3n) is 11.1. The highest BCUT2D eigenvalue weighted by atomic mass is 16.4. The van der Waals surface area contributed by atoms with Crippen LogP contribution in [0.15, 0.2) is 33.5 Å². The topological polar surface area (TPSA) is 175 Å². The van der Waals surface area contributed by atoms with Crippen molar-refractivity contribution in [1.29, 1.82) is 0 Å². The number of fused-ring (bicyclic) bond motifs is 2. The molecule has 4 N–H and O–H groups in total. The molecule has 1 aliphatic carbocycles. The van der Waals surface area contributed by atoms with Crippen LogP contribution >= 0.6 is 0 Å². The van der Waals surface area contributed by atoms with Crippen LogP contribution in [0.1, 0.15) is 113 Å². The summed E-state index contributed by atoms with van der Waals surface area (Å²) in [7, 11) is 0. The summed E-state index contributed by atoms with van der Waals surface area (Å²) in [5.41, 5.74) is 3.25. The molecule has 1 saturated carbocycles. The van der Waals surface area contributed by atoms with E-state index in [1.165, 1.54) is 11.3 Å². The first kappa shape index (κ1) is 38.7. The van der Waals surface area contributed by atoms with Gasteiger partial charge in [0, 0.05) is 55.0 Å². The highest BCUT2D eigenvalue weighted by molar-refractivity contribution is 5.98. The summed E-state index contributed by atoms with van der Waals surface area (Å²) < 4.78 is 5.74. The normalized spacial score (nSPS) is 20.0. The Morgan fingerprint density at radius 1 is 1.02 bits per heavy atom. The lowest BCUT2D eigenvalue weighted by molar-refractivity contribution is -0.142. The standard InChI is InChI=1S/C40H54N4O8/c1-4-6-7-13-28-25(16-17-32(28)45)23-33(46)43-34(24(3)5-2)38(48)42-31(39(49)50)15-8-9-18-41-37(47)30-22-27-21-26-12-10-19-44-20-11-14-29(35(26)44)36(27)52-40(30)51/h6-7,21-22,24-25,28,31,34H,4-5,8-20,23H2,1-3H3,(H,41,47)(H,42,48)(H,43,46)(H,49,50)/b7-6-/t24-,25+,28-,31-,34-/m0/s1. The van der Waals surface area contributed by atoms with E-state index < -0.39 is 35.5 Å². The molecule has 2 aromatic rings. The number of anilines is 1. The Kier molecular flexibility index (Phi) is 13.3. The van der Waals surface area contributed by atoms with Gasteiger partial charge < -0.3 is 30.4 Å². The van der Waals surface area contributed by atoms with Gasteiger partial charge in [0.25, 0.3) is 5.91 Å². The molecule has 12 heteroatoms. The van der Waals surface area contributed by atoms with Crippen molar-refractivity contribution in [3.63, 3.8) is 0 Å². The summed E-state index contributed by atoms with van der Waals surface area (Å²) in [5, 5.41) is 18.8. The van der Waals surface area contributed by atoms with Crippen molar-refractivity contribution in [2.24, 2.45) is 17.8 Å². The summed E-state index contributed by atoms with van der Waals surface area (Å²) in [4.78, 5) is 79.4. The highest BCUT2D eigenvalue weighted by Crippen LogP contribution is 2.40. The van der Waals surface area contributed by atoms with Crippen molar-refractivity contribution in [2.45, 2.75) is 116 Å². The molecule has 5 rings (SSSR count). The zero-order chi connectivity index (χ0) is 37.4. The summed E-state index contributed by atoms with van der Waals surface area (Å²) in [6.07, 6.45) is 12.0. The second-order valence-electron chi connectivity index (χ2n) is 14.7. The number of Topliss-reactive ketones (excluding diaryl/α,β-unsaturated/α-hetero) is 1. The van der Waals surface area contributed by atoms with Gasteiger partial charge in [-0.05, 0) is 93.7 Å². The minimum Gasteiger partial charge on any atom is -0.480 e. The zero-order valence-corrected chi connectivity index (χ0v) is 30.8. The Bertz CT molecular complexity index is 1750. The molecular formula is C40H54N4O8. The molecule has 52 heavy (non-hydrogen) atoms. The van der Waals surface area contributed by atoms with E-state index in [4.69, 9.17) is 4.42 Å². The number of nitrogens with zero attached hydrogens (tertiary/aromatic N) is 1. The predicted molar refractivity (Wildman–Crippen MR) is 198 cm³/mol. The van der Waals surface area contributed by atoms with Crippen LogP contribution in [0.4, 0.5) is 5.69 Å². The molecular weight excluding hydrogens is 664 g/mol. The van der Waals surface area contributed by atoms with Crippen molar-refractivity contribution < 1.29 is 33.5 Å². The molecule has 0 unspecified atom stereocenters. The number of carboxylic acids is 1. The van der Waals surface area contributed by atoms with Crippen molar-refractivity contribution in [1.82, 2.24) is 16.0 Å². The number of amides is 3. The Balaban J connectivity index is 1.12. The average molecular weight is 719 g/mol. The van der Waals surface area contributed by atoms with Gasteiger partial charge in [-0.25, -0.2) is 9.59 Å². The first-order valence-corrected chi connectivity index (χ1v) is 19.2. The number of aliphatic carboxylic acids is 1. The van der Waals surface area contributed by atoms with Crippen LogP contribution in [0.2, 0.25) is 0 Å². The first-order valence-electron chi connectivity index (χ1n) is 19.2. The number of nitrogens with one attached hydrogen (secondary N) is 3. The van der Waals surface area contributed by atoms with Crippen LogP contribution in [0.25, 0.3) is 11.0 Å². The van der Waals surface area contributed by atoms with Crippen LogP contribution in [0.3, 0.4) is 0 Å². The molecule has 1 aromatic heterocycles. The van der Waals surface area contributed by atoms with Crippen molar-refractivity contribution in [2.75, 3.05) is 24.5 Å². The van der Waals surface area contributed by atoms with Gasteiger partial charge >= 0.3 is 11.6 Å². The lowest BCUT2D eigenvalue weighted by atomic mass is 9.88. The van der Waals surface area contributed by atoms with Gasteiger partial charge in [0.05, 0.1) is 0 Å². The molecule has 0 bridgehead atoms. The number of carbonyl (C=O) groups is 5. The first-order chi connectivity index (χ1) is 25.0. The fourth-order valence-corrected chi connectivity index (χ4v) is 8.02. The average Bonchev–Trinajstić information content (AvgIpc) is 3.47. The van der Waals surface area contributed by atoms with E-state index in [0.29, 0.717) is 44.1 Å². The molecule has 0 saturated heterocycles. The second kappa shape index (κ2) is 17.8. The van der Waals surface area contributed by atoms with E-state index >= 15 is 0 Å². The van der Waals surface area contributed by atoms with Crippen molar-refractivity contribution in [3.05, 3.63) is 51.4 Å². The fourth-order valence-electron chi connectivity index (χ4n) is 8.02. The molecule has 3 amide bonds. The molecule has 5 atom stereocenters. The molecule has 3 aliphatic rings. The van der Waals surface area contributed by atoms with E-state index in [0.717, 1.165) is 56.1 Å². The number of unbranched alkanes of at least 4 members (excludes halogenated alkanes) is 1. The molecule has 1 fully saturated rings. The molecule has 0 radical (unpaired) electrons. The van der Waals surface area contributed by atoms with E-state index in [-0.39, 0.29) is 54.4 Å². The van der Waals surface area contributed by atoms with Crippen LogP contribution in [0, 0.1) is 17.8 Å². The SMILES string of the molecule is CC/C=C\C[C@@H]1C(=O)CC[C@@H]1CC(=O)N[C@H](C(=O)N[C@@H](CCCCNC(=O)c1cc2cc3c4c(c2oc1=O)CCCN4CCC3)C(=O)O)[C@@H](C)CC. The van der Waals surface area contributed by atoms with Crippen LogP contribution in [-0.2, 0) is 32.0 Å². The second-order valence-corrected chi connectivity index (χ2v) is 14.7. The largest absolute Gasteiger partial charge is 0.480 e. The molecule has 282 valence electrons. The maximum Gasteiger partial charge on any atom is 0.349 e. The summed E-state index contributed by atoms with van der Waals surface area (Å²) in [6.45, 7) is 7.94. The lowest BCUT2D eigenvalue weighted by Gasteiger charge is -2.37. The number of rotatable bonds is 17. The number of benzene rings is 1. The van der Waals surface area contributed by atoms with Crippen molar-refractivity contribution in [3.8, 4) is 0 Å². The number of ketones is 1. The number of carbonyl (C=O) groups excluding carboxylic acids is 4. The lowest BCUT2D eigenvalue weighted by Crippen LogP contribution is -2.54. The number of aryl methyl sites for hydroxylation is 2. The Morgan fingerprint density at radius 2 is 1.79 bits per heavy atom. The summed E-state index contributed by atoms with van der Waals surface area (Å²) >= 11 is 0. The van der Waals surface area contributed by atoms with Gasteiger partial charge in [0.1, 0.15) is 29.0 Å². The molecule has 0 spiro atoms. The zero-order valence-electron chi connectivity index (χ0n) is 30.8. The van der Waals surface area contributed by atoms with Gasteiger partial charge in [0.2, 0.25) is 11.8 Å². The molecule has 1 aromatic carbocycles. The van der Waals surface area contributed by atoms with Crippen molar-refractivity contribution >= 4 is 46.1 Å². The summed E-state index contributed by atoms with van der Waals surface area (Å²) in [5.74, 6) is -3.04. The highest BCUT2D eigenvalue weighted by Gasteiger charge is 2.36. The maximum atomic E-state index is 13.4. The molecule has 2 aliphatic heterocycles. The maximum absolute atomic E-state index is 13.4. The number of allylic oxidation sites excluding steroid dienone is 2. The van der Waals surface area contributed by atoms with E-state index in [2.05, 4.69) is 20.9 Å². The van der Waals surface area contributed by atoms with Crippen LogP contribution in [-0.4, -0.2) is 66.3 Å². The van der Waals surface area contributed by atoms with E-state index in [1.54, 1.807) is 6.07 Å². The third-order valence-corrected chi connectivity index (χ3v) is 11.1. The van der Waals surface area contributed by atoms with Gasteiger partial charge in [-0.3, -0.25) is 19.2 Å². The van der Waals surface area contributed by atoms with Crippen LogP contribution < -0.4 is 26.5 Å². The van der Waals surface area contributed by atoms with E-state index in [1.807, 2.05) is 39.0 Å². The van der Waals surface area contributed by atoms with Gasteiger partial charge in [0.15, 0.2) is 0 Å². The predicted octanol–water partition coefficient (Wildman–Crippen LogP) is 4.83. The number of hydrogen-bond donors (Lipinski definition) is 4. The fraction of sp³-hybridized carbons (Fsp3) is 0.600. The third kappa shape index (κ3) is 9.11. The quantitative estimate of drug-likeness (QED) is 0.101. The smallest absolute Gasteiger partial charge is 0.349 e. The Hall–Kier alpha value is -4.48. The summed E-state index contributed by atoms with van der Waals surface area (Å²) in [6, 6.07) is 1.53. The van der Waals surface area contributed by atoms with Gasteiger partial charge in [-0.2, -0.15) is 0 Å². The number of carboxylic acid groups (broad SMARTS) is 1. The van der Waals surface area contributed by atoms with Gasteiger partial charge in [-0.15, -0.1) is 0 Å². The monoisotopic (exact) mass is 718 g/mol. The van der Waals surface area contributed by atoms with Crippen LogP contribution in [0.5, 0.6) is 0 Å². The number of hydrogen-bond acceptors (Lipinski definition) is 8. The molecule has 12 nitrogen and oxygen atoms in total. The van der Waals surface area contributed by atoms with E-state index in [9.17, 15) is 33.9 Å². The Labute approximate surface area is 305 Å². The Morgan fingerprint density at radius 3 is 2.52 bits per heavy atom. The minimum atomic E-state index is -1.20. The van der Waals surface area contributed by atoms with Gasteiger partial charge in [-0.1, -0.05) is 39.3 Å².